The van der Waals surface area contributed by atoms with Crippen molar-refractivity contribution in [3.63, 3.8) is 0 Å². The minimum atomic E-state index is -6.98. The van der Waals surface area contributed by atoms with Crippen LogP contribution in [-0.2, 0) is 5.92 Å². The Hall–Kier alpha value is -0.650. The van der Waals surface area contributed by atoms with Crippen molar-refractivity contribution in [3.8, 4) is 5.75 Å². The maximum Gasteiger partial charge on any atom is 0.460 e. The number of benzene rings is 1. The third-order valence-corrected chi connectivity index (χ3v) is 4.01. The van der Waals surface area contributed by atoms with Crippen LogP contribution in [0.15, 0.2) is 21.1 Å². The first-order valence-corrected chi connectivity index (χ1v) is 6.94. The molecule has 0 bridgehead atoms. The molecule has 1 aromatic carbocycles. The summed E-state index contributed by atoms with van der Waals surface area (Å²) < 4.78 is 120. The van der Waals surface area contributed by atoms with Gasteiger partial charge in [0.1, 0.15) is 5.75 Å². The van der Waals surface area contributed by atoms with E-state index in [2.05, 4.69) is 36.6 Å². The van der Waals surface area contributed by atoms with E-state index in [-0.39, 0.29) is 4.47 Å². The summed E-state index contributed by atoms with van der Waals surface area (Å²) in [4.78, 5) is 0. The van der Waals surface area contributed by atoms with Gasteiger partial charge in [0.2, 0.25) is 0 Å². The molecule has 0 aromatic heterocycles. The van der Waals surface area contributed by atoms with Crippen LogP contribution in [0.25, 0.3) is 0 Å². The fourth-order valence-electron chi connectivity index (χ4n) is 1.56. The molecule has 0 aliphatic rings. The zero-order valence-electron chi connectivity index (χ0n) is 10.7. The Bertz CT molecular complexity index is 598. The molecule has 1 nitrogen and oxygen atoms in total. The fraction of sp³-hybridized carbons (Fsp3) is 0.455. The fourth-order valence-corrected chi connectivity index (χ4v) is 2.61. The summed E-state index contributed by atoms with van der Waals surface area (Å²) in [6.07, 6.45) is -6.88. The monoisotopic (exact) mass is 482 g/mol. The third kappa shape index (κ3) is 3.03. The van der Waals surface area contributed by atoms with Crippen molar-refractivity contribution < 1.29 is 44.3 Å². The van der Waals surface area contributed by atoms with Crippen molar-refractivity contribution in [2.45, 2.75) is 23.9 Å². The van der Waals surface area contributed by atoms with Gasteiger partial charge in [-0.05, 0) is 28.1 Å². The Morgan fingerprint density at radius 3 is 1.61 bits per heavy atom. The Labute approximate surface area is 140 Å². The molecule has 0 radical (unpaired) electrons. The highest BCUT2D eigenvalue weighted by atomic mass is 79.9. The Morgan fingerprint density at radius 2 is 1.22 bits per heavy atom. The second-order valence-corrected chi connectivity index (χ2v) is 5.87. The van der Waals surface area contributed by atoms with Crippen molar-refractivity contribution in [2.24, 2.45) is 0 Å². The molecule has 12 heteroatoms. The smallest absolute Gasteiger partial charge is 0.460 e. The Kier molecular flexibility index (Phi) is 5.33. The zero-order valence-corrected chi connectivity index (χ0v) is 13.9. The predicted molar refractivity (Wildman–Crippen MR) is 68.2 cm³/mol. The molecule has 0 saturated carbocycles. The van der Waals surface area contributed by atoms with Crippen LogP contribution in [-0.4, -0.2) is 25.1 Å². The first-order chi connectivity index (χ1) is 10.1. The van der Waals surface area contributed by atoms with Gasteiger partial charge in [-0.15, -0.1) is 0 Å². The molecule has 0 N–H and O–H groups in total. The lowest BCUT2D eigenvalue weighted by atomic mass is 9.96. The van der Waals surface area contributed by atoms with Crippen LogP contribution in [0.5, 0.6) is 5.75 Å². The summed E-state index contributed by atoms with van der Waals surface area (Å²) in [5.74, 6) is -20.7. The number of alkyl halides is 9. The molecule has 0 saturated heterocycles. The average molecular weight is 484 g/mol. The molecule has 0 amide bonds. The van der Waals surface area contributed by atoms with Gasteiger partial charge in [-0.1, -0.05) is 15.9 Å². The predicted octanol–water partition coefficient (Wildman–Crippen LogP) is 6.14. The highest BCUT2D eigenvalue weighted by Crippen LogP contribution is 2.59. The van der Waals surface area contributed by atoms with Gasteiger partial charge in [0.25, 0.3) is 0 Å². The van der Waals surface area contributed by atoms with Crippen LogP contribution in [0, 0.1) is 0 Å². The van der Waals surface area contributed by atoms with E-state index in [0.29, 0.717) is 0 Å². The molecule has 1 rings (SSSR count). The van der Waals surface area contributed by atoms with Gasteiger partial charge >= 0.3 is 23.9 Å². The minimum absolute atomic E-state index is 0.344. The number of methoxy groups -OCH3 is 1. The molecule has 1 aromatic rings. The standard InChI is InChI=1S/C11H5Br2F9O/c1-23-7-5(13)3-2-4(12)6(7)8(14,15)9(16,17)10(18,19)11(20,21)22/h2-3H,1H3. The van der Waals surface area contributed by atoms with Crippen LogP contribution in [0.1, 0.15) is 5.56 Å². The van der Waals surface area contributed by atoms with Crippen molar-refractivity contribution >= 4 is 31.9 Å². The average Bonchev–Trinajstić information content (AvgIpc) is 2.38. The lowest BCUT2D eigenvalue weighted by Crippen LogP contribution is -2.59. The minimum Gasteiger partial charge on any atom is -0.495 e. The van der Waals surface area contributed by atoms with E-state index in [4.69, 9.17) is 0 Å². The van der Waals surface area contributed by atoms with Gasteiger partial charge in [0, 0.05) is 4.47 Å². The lowest BCUT2D eigenvalue weighted by molar-refractivity contribution is -0.399. The van der Waals surface area contributed by atoms with Crippen molar-refractivity contribution in [3.05, 3.63) is 26.6 Å². The van der Waals surface area contributed by atoms with Gasteiger partial charge in [-0.3, -0.25) is 0 Å². The number of hydrogen-bond acceptors (Lipinski definition) is 1. The summed E-state index contributed by atoms with van der Waals surface area (Å²) in [6, 6.07) is 1.81. The molecular formula is C11H5Br2F9O. The van der Waals surface area contributed by atoms with Crippen LogP contribution < -0.4 is 4.74 Å². The highest BCUT2D eigenvalue weighted by molar-refractivity contribution is 9.11. The number of ether oxygens (including phenoxy) is 1. The van der Waals surface area contributed by atoms with Gasteiger partial charge in [-0.2, -0.15) is 39.5 Å². The molecule has 0 atom stereocenters. The molecule has 23 heavy (non-hydrogen) atoms. The maximum absolute atomic E-state index is 14.0. The van der Waals surface area contributed by atoms with Crippen LogP contribution in [0.4, 0.5) is 39.5 Å². The number of halogens is 11. The first-order valence-electron chi connectivity index (χ1n) is 5.35. The largest absolute Gasteiger partial charge is 0.495 e. The molecule has 0 aliphatic carbocycles. The van der Waals surface area contributed by atoms with E-state index in [1.165, 1.54) is 0 Å². The molecular weight excluding hydrogens is 479 g/mol. The van der Waals surface area contributed by atoms with E-state index in [0.717, 1.165) is 19.2 Å². The van der Waals surface area contributed by atoms with Crippen LogP contribution in [0.3, 0.4) is 0 Å². The second kappa shape index (κ2) is 6.01. The summed E-state index contributed by atoms with van der Waals surface area (Å²) >= 11 is 5.08. The summed E-state index contributed by atoms with van der Waals surface area (Å²) in [5.41, 5.74) is -1.84. The molecule has 0 aliphatic heterocycles. The highest BCUT2D eigenvalue weighted by Gasteiger charge is 2.82. The van der Waals surface area contributed by atoms with Crippen molar-refractivity contribution in [1.82, 2.24) is 0 Å². The van der Waals surface area contributed by atoms with E-state index in [9.17, 15) is 39.5 Å². The number of rotatable bonds is 4. The normalized spacial score (nSPS) is 14.1. The van der Waals surface area contributed by atoms with Gasteiger partial charge in [-0.25, -0.2) is 0 Å². The first kappa shape index (κ1) is 20.4. The maximum atomic E-state index is 14.0. The van der Waals surface area contributed by atoms with E-state index >= 15 is 0 Å². The van der Waals surface area contributed by atoms with E-state index in [1.807, 2.05) is 0 Å². The SMILES string of the molecule is COc1c(Br)ccc(Br)c1C(F)(F)C(F)(F)C(F)(F)C(F)(F)F. The molecule has 0 spiro atoms. The quantitative estimate of drug-likeness (QED) is 0.467. The van der Waals surface area contributed by atoms with Crippen LogP contribution in [0.2, 0.25) is 0 Å². The summed E-state index contributed by atoms with van der Waals surface area (Å²) in [7, 11) is 0.756. The van der Waals surface area contributed by atoms with Gasteiger partial charge in [0.05, 0.1) is 17.1 Å². The van der Waals surface area contributed by atoms with Crippen LogP contribution >= 0.6 is 31.9 Å². The third-order valence-electron chi connectivity index (χ3n) is 2.72. The molecule has 0 heterocycles. The molecule has 0 fully saturated rings. The Morgan fingerprint density at radius 1 is 0.783 bits per heavy atom. The summed E-state index contributed by atoms with van der Waals surface area (Å²) in [6.45, 7) is 0. The number of hydrogen-bond donors (Lipinski definition) is 0. The van der Waals surface area contributed by atoms with Crippen molar-refractivity contribution in [1.29, 1.82) is 0 Å². The lowest BCUT2D eigenvalue weighted by Gasteiger charge is -2.34. The molecule has 132 valence electrons. The summed E-state index contributed by atoms with van der Waals surface area (Å²) in [5, 5.41) is 0. The van der Waals surface area contributed by atoms with Gasteiger partial charge < -0.3 is 4.74 Å². The van der Waals surface area contributed by atoms with E-state index < -0.39 is 39.7 Å². The molecule has 0 unspecified atom stereocenters. The Balaban J connectivity index is 3.69. The van der Waals surface area contributed by atoms with Crippen molar-refractivity contribution in [2.75, 3.05) is 7.11 Å². The topological polar surface area (TPSA) is 9.23 Å². The zero-order chi connectivity index (χ0) is 18.4. The van der Waals surface area contributed by atoms with Gasteiger partial charge in [0.15, 0.2) is 0 Å². The second-order valence-electron chi connectivity index (χ2n) is 4.16. The van der Waals surface area contributed by atoms with E-state index in [1.54, 1.807) is 0 Å².